The molecule has 5 nitrogen and oxygen atoms in total. The second kappa shape index (κ2) is 5.05. The molecule has 0 radical (unpaired) electrons. The molecule has 0 saturated carbocycles. The lowest BCUT2D eigenvalue weighted by molar-refractivity contribution is 0.0688. The van der Waals surface area contributed by atoms with Crippen LogP contribution in [0.1, 0.15) is 10.4 Å². The molecule has 0 bridgehead atoms. The van der Waals surface area contributed by atoms with Crippen LogP contribution >= 0.6 is 12.4 Å². The summed E-state index contributed by atoms with van der Waals surface area (Å²) in [4.78, 5) is 22.7. The quantitative estimate of drug-likeness (QED) is 0.812. The number of carboxylic acid groups (broad SMARTS) is 1. The van der Waals surface area contributed by atoms with Gasteiger partial charge in [-0.05, 0) is 12.1 Å². The van der Waals surface area contributed by atoms with Gasteiger partial charge in [0.2, 0.25) is 11.4 Å². The van der Waals surface area contributed by atoms with Crippen molar-refractivity contribution in [2.75, 3.05) is 12.5 Å². The van der Waals surface area contributed by atoms with Gasteiger partial charge in [0.25, 0.3) is 0 Å². The summed E-state index contributed by atoms with van der Waals surface area (Å²) in [6.07, 6.45) is 0. The van der Waals surface area contributed by atoms with Crippen molar-refractivity contribution in [1.29, 1.82) is 0 Å². The molecule has 0 aliphatic rings. The number of nitrogens with one attached hydrogen (secondary N) is 1. The van der Waals surface area contributed by atoms with Crippen LogP contribution in [0.25, 0.3) is 10.9 Å². The molecule has 7 heteroatoms. The monoisotopic (exact) mass is 272 g/mol. The van der Waals surface area contributed by atoms with Crippen LogP contribution < -0.4 is 10.9 Å². The Balaban J connectivity index is 0.00000162. The number of benzene rings is 1. The highest BCUT2D eigenvalue weighted by atomic mass is 35.5. The highest BCUT2D eigenvalue weighted by Crippen LogP contribution is 2.13. The number of hydrogen-bond donors (Lipinski definition) is 2. The Hall–Kier alpha value is -2.08. The van der Waals surface area contributed by atoms with E-state index in [9.17, 15) is 14.0 Å². The Morgan fingerprint density at radius 1 is 1.39 bits per heavy atom. The van der Waals surface area contributed by atoms with Gasteiger partial charge in [0.1, 0.15) is 0 Å². The number of aromatic carboxylic acids is 1. The first-order chi connectivity index (χ1) is 8.07. The summed E-state index contributed by atoms with van der Waals surface area (Å²) in [5.74, 6) is -2.69. The van der Waals surface area contributed by atoms with Crippen molar-refractivity contribution in [3.05, 3.63) is 46.0 Å². The number of halogens is 2. The average Bonchev–Trinajstić information content (AvgIpc) is 2.29. The lowest BCUT2D eigenvalue weighted by atomic mass is 10.1. The maximum absolute atomic E-state index is 13.8. The van der Waals surface area contributed by atoms with Gasteiger partial charge >= 0.3 is 5.97 Å². The SMILES string of the molecule is CNn1c(F)c(C(=O)O)c(=O)c2ccccc21.Cl. The summed E-state index contributed by atoms with van der Waals surface area (Å²) in [7, 11) is 1.44. The van der Waals surface area contributed by atoms with Crippen molar-refractivity contribution < 1.29 is 14.3 Å². The Labute approximate surface area is 107 Å². The molecule has 1 aromatic heterocycles. The minimum atomic E-state index is -1.58. The molecule has 0 aliphatic heterocycles. The van der Waals surface area contributed by atoms with Crippen LogP contribution in [0.4, 0.5) is 4.39 Å². The van der Waals surface area contributed by atoms with Crippen LogP contribution in [-0.4, -0.2) is 22.8 Å². The molecule has 0 fully saturated rings. The Kier molecular flexibility index (Phi) is 3.93. The number of aromatic nitrogens is 1. The first-order valence-electron chi connectivity index (χ1n) is 4.82. The van der Waals surface area contributed by atoms with E-state index >= 15 is 0 Å². The smallest absolute Gasteiger partial charge is 0.344 e. The molecule has 2 aromatic rings. The van der Waals surface area contributed by atoms with Crippen LogP contribution in [0.15, 0.2) is 29.1 Å². The van der Waals surface area contributed by atoms with E-state index in [0.29, 0.717) is 5.52 Å². The molecule has 96 valence electrons. The van der Waals surface area contributed by atoms with E-state index in [2.05, 4.69) is 5.43 Å². The van der Waals surface area contributed by atoms with Crippen LogP contribution in [0.2, 0.25) is 0 Å². The summed E-state index contributed by atoms with van der Waals surface area (Å²) >= 11 is 0. The molecule has 1 aromatic carbocycles. The second-order valence-corrected chi connectivity index (χ2v) is 3.38. The molecule has 2 rings (SSSR count). The Bertz CT molecular complexity index is 669. The van der Waals surface area contributed by atoms with Gasteiger partial charge in [0.15, 0.2) is 5.56 Å². The maximum Gasteiger partial charge on any atom is 0.344 e. The van der Waals surface area contributed by atoms with Crippen LogP contribution in [0.5, 0.6) is 0 Å². The van der Waals surface area contributed by atoms with Crippen molar-refractivity contribution in [3.63, 3.8) is 0 Å². The molecule has 1 heterocycles. The number of fused-ring (bicyclic) bond motifs is 1. The van der Waals surface area contributed by atoms with Crippen LogP contribution in [-0.2, 0) is 0 Å². The van der Waals surface area contributed by atoms with E-state index in [1.165, 1.54) is 19.2 Å². The third-order valence-electron chi connectivity index (χ3n) is 2.46. The molecule has 0 spiro atoms. The van der Waals surface area contributed by atoms with Gasteiger partial charge in [0, 0.05) is 12.4 Å². The van der Waals surface area contributed by atoms with Gasteiger partial charge in [-0.3, -0.25) is 4.79 Å². The lowest BCUT2D eigenvalue weighted by Gasteiger charge is -2.12. The first kappa shape index (κ1) is 14.0. The fourth-order valence-electron chi connectivity index (χ4n) is 1.71. The Morgan fingerprint density at radius 2 is 2.00 bits per heavy atom. The summed E-state index contributed by atoms with van der Waals surface area (Å²) in [5, 5.41) is 9.00. The average molecular weight is 273 g/mol. The zero-order valence-electron chi connectivity index (χ0n) is 9.31. The van der Waals surface area contributed by atoms with Gasteiger partial charge in [-0.15, -0.1) is 12.4 Å². The number of carboxylic acids is 1. The molecule has 0 amide bonds. The van der Waals surface area contributed by atoms with E-state index in [0.717, 1.165) is 4.68 Å². The molecular formula is C11H10ClFN2O3. The van der Waals surface area contributed by atoms with Crippen molar-refractivity contribution >= 4 is 29.3 Å². The number of carbonyl (C=O) groups is 1. The van der Waals surface area contributed by atoms with E-state index in [1.54, 1.807) is 12.1 Å². The number of para-hydroxylation sites is 1. The van der Waals surface area contributed by atoms with Crippen LogP contribution in [0.3, 0.4) is 0 Å². The van der Waals surface area contributed by atoms with Gasteiger partial charge in [-0.2, -0.15) is 4.39 Å². The van der Waals surface area contributed by atoms with Crippen LogP contribution in [0, 0.1) is 5.95 Å². The topological polar surface area (TPSA) is 71.3 Å². The van der Waals surface area contributed by atoms with Crippen molar-refractivity contribution in [2.24, 2.45) is 0 Å². The standard InChI is InChI=1S/C11H9FN2O3.ClH/c1-13-14-7-5-3-2-4-6(7)9(15)8(10(14)12)11(16)17;/h2-5,13H,1H3,(H,16,17);1H. The van der Waals surface area contributed by atoms with Gasteiger partial charge in [-0.25, -0.2) is 9.47 Å². The van der Waals surface area contributed by atoms with Gasteiger partial charge < -0.3 is 10.5 Å². The minimum Gasteiger partial charge on any atom is -0.477 e. The Morgan fingerprint density at radius 3 is 2.56 bits per heavy atom. The van der Waals surface area contributed by atoms with Gasteiger partial charge in [-0.1, -0.05) is 12.1 Å². The zero-order chi connectivity index (χ0) is 12.6. The van der Waals surface area contributed by atoms with Crippen molar-refractivity contribution in [2.45, 2.75) is 0 Å². The number of nitrogens with zero attached hydrogens (tertiary/aromatic N) is 1. The highest BCUT2D eigenvalue weighted by molar-refractivity contribution is 5.92. The lowest BCUT2D eigenvalue weighted by Crippen LogP contribution is -2.26. The largest absolute Gasteiger partial charge is 0.477 e. The third-order valence-corrected chi connectivity index (χ3v) is 2.46. The summed E-state index contributed by atoms with van der Waals surface area (Å²) in [5.41, 5.74) is 1.11. The molecule has 0 atom stereocenters. The molecule has 18 heavy (non-hydrogen) atoms. The predicted octanol–water partition coefficient (Wildman–Crippen LogP) is 1.43. The number of pyridine rings is 1. The molecular weight excluding hydrogens is 263 g/mol. The molecule has 0 aliphatic carbocycles. The summed E-state index contributed by atoms with van der Waals surface area (Å²) in [6.45, 7) is 0. The van der Waals surface area contributed by atoms with Crippen molar-refractivity contribution in [3.8, 4) is 0 Å². The number of rotatable bonds is 2. The van der Waals surface area contributed by atoms with E-state index in [1.807, 2.05) is 0 Å². The summed E-state index contributed by atoms with van der Waals surface area (Å²) < 4.78 is 14.8. The molecule has 2 N–H and O–H groups in total. The first-order valence-corrected chi connectivity index (χ1v) is 4.82. The second-order valence-electron chi connectivity index (χ2n) is 3.38. The minimum absolute atomic E-state index is 0. The fraction of sp³-hybridized carbons (Fsp3) is 0.0909. The van der Waals surface area contributed by atoms with E-state index in [-0.39, 0.29) is 17.8 Å². The van der Waals surface area contributed by atoms with E-state index in [4.69, 9.17) is 5.11 Å². The third kappa shape index (κ3) is 1.91. The molecule has 0 saturated heterocycles. The summed E-state index contributed by atoms with van der Waals surface area (Å²) in [6, 6.07) is 6.21. The highest BCUT2D eigenvalue weighted by Gasteiger charge is 2.21. The maximum atomic E-state index is 13.8. The normalized spacial score (nSPS) is 9.89. The predicted molar refractivity (Wildman–Crippen MR) is 67.7 cm³/mol. The van der Waals surface area contributed by atoms with Crippen molar-refractivity contribution in [1.82, 2.24) is 4.68 Å². The zero-order valence-corrected chi connectivity index (χ0v) is 10.1. The number of hydrogen-bond acceptors (Lipinski definition) is 3. The molecule has 0 unspecified atom stereocenters. The van der Waals surface area contributed by atoms with E-state index < -0.39 is 22.9 Å². The van der Waals surface area contributed by atoms with Gasteiger partial charge in [0.05, 0.1) is 5.52 Å². The fourth-order valence-corrected chi connectivity index (χ4v) is 1.71.